The van der Waals surface area contributed by atoms with Crippen molar-refractivity contribution in [3.8, 4) is 17.3 Å². The molecule has 1 saturated carbocycles. The first kappa shape index (κ1) is 34.2. The normalized spacial score (nSPS) is 18.3. The van der Waals surface area contributed by atoms with Crippen molar-refractivity contribution in [1.29, 1.82) is 0 Å². The standard InChI is InChI=1S/C47H51N3O2/c1-29-24-30(2)41(28-37(29)45-49-43(31-14-12-13-15-31)44(52-45)32-16-10-9-11-17-32)51-35-19-20-36-38-25-33(46(3,4)5)18-21-39(38)50(40(36)27-35)42-26-34(22-23-48-42)47(6,7)8/h9-11,16-28,31,43-44H,12-15H2,1-8H3/t43-,44+/m1/s1. The van der Waals surface area contributed by atoms with Crippen LogP contribution in [0.3, 0.4) is 0 Å². The summed E-state index contributed by atoms with van der Waals surface area (Å²) in [5.74, 6) is 3.75. The average Bonchev–Trinajstić information content (AvgIpc) is 3.87. The van der Waals surface area contributed by atoms with Gasteiger partial charge in [0.05, 0.1) is 17.1 Å². The number of aromatic nitrogens is 2. The minimum absolute atomic E-state index is 0.00361. The first-order valence-corrected chi connectivity index (χ1v) is 19.0. The fourth-order valence-electron chi connectivity index (χ4n) is 8.20. The molecule has 6 aromatic rings. The summed E-state index contributed by atoms with van der Waals surface area (Å²) in [7, 11) is 0. The molecule has 4 aromatic carbocycles. The van der Waals surface area contributed by atoms with Gasteiger partial charge in [-0.15, -0.1) is 0 Å². The van der Waals surface area contributed by atoms with Crippen LogP contribution in [0.1, 0.15) is 107 Å². The van der Waals surface area contributed by atoms with Crippen LogP contribution in [0.5, 0.6) is 11.5 Å². The molecule has 0 radical (unpaired) electrons. The Morgan fingerprint density at radius 3 is 2.17 bits per heavy atom. The van der Waals surface area contributed by atoms with E-state index in [0.29, 0.717) is 5.92 Å². The fraction of sp³-hybridized carbons (Fsp3) is 0.362. The monoisotopic (exact) mass is 689 g/mol. The molecule has 3 heterocycles. The van der Waals surface area contributed by atoms with Crippen LogP contribution < -0.4 is 4.74 Å². The number of aryl methyl sites for hydroxylation is 2. The highest BCUT2D eigenvalue weighted by atomic mass is 16.5. The van der Waals surface area contributed by atoms with Crippen LogP contribution >= 0.6 is 0 Å². The van der Waals surface area contributed by atoms with Crippen molar-refractivity contribution < 1.29 is 9.47 Å². The highest BCUT2D eigenvalue weighted by Crippen LogP contribution is 2.43. The maximum Gasteiger partial charge on any atom is 0.217 e. The summed E-state index contributed by atoms with van der Waals surface area (Å²) in [5.41, 5.74) is 9.17. The number of pyridine rings is 1. The second kappa shape index (κ2) is 12.9. The van der Waals surface area contributed by atoms with E-state index in [1.165, 1.54) is 53.1 Å². The molecule has 0 spiro atoms. The van der Waals surface area contributed by atoms with Crippen molar-refractivity contribution in [1.82, 2.24) is 9.55 Å². The topological polar surface area (TPSA) is 48.6 Å². The molecule has 5 nitrogen and oxygen atoms in total. The van der Waals surface area contributed by atoms with E-state index in [1.807, 2.05) is 6.20 Å². The third-order valence-corrected chi connectivity index (χ3v) is 11.3. The van der Waals surface area contributed by atoms with Gasteiger partial charge >= 0.3 is 0 Å². The molecular formula is C47H51N3O2. The van der Waals surface area contributed by atoms with Crippen molar-refractivity contribution >= 4 is 27.7 Å². The van der Waals surface area contributed by atoms with E-state index in [9.17, 15) is 0 Å². The van der Waals surface area contributed by atoms with E-state index < -0.39 is 0 Å². The molecule has 8 rings (SSSR count). The smallest absolute Gasteiger partial charge is 0.217 e. The van der Waals surface area contributed by atoms with Gasteiger partial charge in [0.1, 0.15) is 23.4 Å². The molecule has 2 aromatic heterocycles. The third-order valence-electron chi connectivity index (χ3n) is 11.3. The molecule has 0 N–H and O–H groups in total. The average molecular weight is 690 g/mol. The fourth-order valence-corrected chi connectivity index (χ4v) is 8.20. The zero-order valence-electron chi connectivity index (χ0n) is 32.0. The Morgan fingerprint density at radius 1 is 0.712 bits per heavy atom. The van der Waals surface area contributed by atoms with Gasteiger partial charge in [0.15, 0.2) is 0 Å². The van der Waals surface area contributed by atoms with Crippen LogP contribution in [0.15, 0.2) is 102 Å². The molecule has 1 fully saturated rings. The molecule has 5 heteroatoms. The molecule has 0 amide bonds. The third kappa shape index (κ3) is 6.29. The van der Waals surface area contributed by atoms with E-state index in [-0.39, 0.29) is 23.0 Å². The van der Waals surface area contributed by atoms with Gasteiger partial charge in [-0.1, -0.05) is 96.8 Å². The maximum atomic E-state index is 6.81. The van der Waals surface area contributed by atoms with Gasteiger partial charge in [0, 0.05) is 28.6 Å². The van der Waals surface area contributed by atoms with Gasteiger partial charge in [0.2, 0.25) is 5.90 Å². The van der Waals surface area contributed by atoms with Gasteiger partial charge in [-0.05, 0) is 114 Å². The highest BCUT2D eigenvalue weighted by molar-refractivity contribution is 6.09. The van der Waals surface area contributed by atoms with Gasteiger partial charge in [-0.2, -0.15) is 0 Å². The lowest BCUT2D eigenvalue weighted by Crippen LogP contribution is -2.22. The molecule has 0 unspecified atom stereocenters. The SMILES string of the molecule is Cc1cc(C)c(C2=N[C@H](C3CCCC3)[C@H](c3ccccc3)O2)cc1Oc1ccc2c3cc(C(C)(C)C)ccc3n(-c3cc(C(C)(C)C)ccn3)c2c1. The van der Waals surface area contributed by atoms with Gasteiger partial charge in [-0.3, -0.25) is 4.57 Å². The summed E-state index contributed by atoms with van der Waals surface area (Å²) in [6, 6.07) is 32.7. The number of hydrogen-bond acceptors (Lipinski definition) is 4. The van der Waals surface area contributed by atoms with Crippen LogP contribution in [0.4, 0.5) is 0 Å². The molecule has 0 bridgehead atoms. The van der Waals surface area contributed by atoms with Crippen molar-refractivity contribution in [2.24, 2.45) is 10.9 Å². The van der Waals surface area contributed by atoms with E-state index in [1.54, 1.807) is 0 Å². The quantitative estimate of drug-likeness (QED) is 0.175. The van der Waals surface area contributed by atoms with Crippen molar-refractivity contribution in [3.05, 3.63) is 131 Å². The predicted molar refractivity (Wildman–Crippen MR) is 215 cm³/mol. The summed E-state index contributed by atoms with van der Waals surface area (Å²) in [4.78, 5) is 10.2. The van der Waals surface area contributed by atoms with Crippen LogP contribution in [-0.4, -0.2) is 21.5 Å². The molecule has 1 aliphatic heterocycles. The number of nitrogens with zero attached hydrogens (tertiary/aromatic N) is 3. The van der Waals surface area contributed by atoms with E-state index in [4.69, 9.17) is 19.5 Å². The van der Waals surface area contributed by atoms with Crippen LogP contribution in [0, 0.1) is 19.8 Å². The Bertz CT molecular complexity index is 2310. The summed E-state index contributed by atoms with van der Waals surface area (Å²) in [6.07, 6.45) is 6.83. The number of fused-ring (bicyclic) bond motifs is 3. The first-order chi connectivity index (χ1) is 24.8. The predicted octanol–water partition coefficient (Wildman–Crippen LogP) is 12.3. The summed E-state index contributed by atoms with van der Waals surface area (Å²) >= 11 is 0. The lowest BCUT2D eigenvalue weighted by Gasteiger charge is -2.22. The minimum Gasteiger partial charge on any atom is -0.467 e. The molecule has 1 aliphatic carbocycles. The molecule has 266 valence electrons. The number of aliphatic imine (C=N–C) groups is 1. The Hall–Kier alpha value is -4.90. The van der Waals surface area contributed by atoms with Crippen LogP contribution in [0.25, 0.3) is 27.6 Å². The lowest BCUT2D eigenvalue weighted by atomic mass is 9.86. The molecule has 2 atom stereocenters. The Balaban J connectivity index is 1.21. The molecule has 0 saturated heterocycles. The van der Waals surface area contributed by atoms with Gasteiger partial charge < -0.3 is 9.47 Å². The lowest BCUT2D eigenvalue weighted by molar-refractivity contribution is 0.168. The number of rotatable bonds is 6. The van der Waals surface area contributed by atoms with Crippen LogP contribution in [-0.2, 0) is 15.6 Å². The highest BCUT2D eigenvalue weighted by Gasteiger charge is 2.39. The number of hydrogen-bond donors (Lipinski definition) is 0. The van der Waals surface area contributed by atoms with E-state index >= 15 is 0 Å². The Morgan fingerprint density at radius 2 is 1.44 bits per heavy atom. The van der Waals surface area contributed by atoms with Crippen LogP contribution in [0.2, 0.25) is 0 Å². The molecule has 52 heavy (non-hydrogen) atoms. The second-order valence-corrected chi connectivity index (χ2v) is 17.1. The number of benzene rings is 4. The largest absolute Gasteiger partial charge is 0.467 e. The maximum absolute atomic E-state index is 6.81. The summed E-state index contributed by atoms with van der Waals surface area (Å²) in [6.45, 7) is 17.8. The Labute approximate surface area is 308 Å². The number of ether oxygens (including phenoxy) is 2. The van der Waals surface area contributed by atoms with Gasteiger partial charge in [0.25, 0.3) is 0 Å². The zero-order valence-corrected chi connectivity index (χ0v) is 32.0. The molecular weight excluding hydrogens is 639 g/mol. The van der Waals surface area contributed by atoms with E-state index in [2.05, 4.69) is 151 Å². The Kier molecular flexibility index (Phi) is 8.52. The van der Waals surface area contributed by atoms with E-state index in [0.717, 1.165) is 50.9 Å². The minimum atomic E-state index is -0.0714. The molecule has 2 aliphatic rings. The van der Waals surface area contributed by atoms with Gasteiger partial charge in [-0.25, -0.2) is 9.98 Å². The van der Waals surface area contributed by atoms with Crippen molar-refractivity contribution in [3.63, 3.8) is 0 Å². The summed E-state index contributed by atoms with van der Waals surface area (Å²) < 4.78 is 15.9. The van der Waals surface area contributed by atoms with Crippen molar-refractivity contribution in [2.75, 3.05) is 0 Å². The van der Waals surface area contributed by atoms with Crippen molar-refractivity contribution in [2.45, 2.75) is 104 Å². The summed E-state index contributed by atoms with van der Waals surface area (Å²) in [5, 5.41) is 2.39. The second-order valence-electron chi connectivity index (χ2n) is 17.1. The zero-order chi connectivity index (χ0) is 36.4. The first-order valence-electron chi connectivity index (χ1n) is 19.0.